The Morgan fingerprint density at radius 1 is 1.71 bits per heavy atom. The van der Waals surface area contributed by atoms with Crippen molar-refractivity contribution in [1.82, 2.24) is 5.32 Å². The molecule has 0 spiro atoms. The van der Waals surface area contributed by atoms with Crippen molar-refractivity contribution >= 4 is 13.8 Å². The second kappa shape index (κ2) is 3.88. The first-order valence-corrected chi connectivity index (χ1v) is 4.65. The van der Waals surface area contributed by atoms with Gasteiger partial charge in [-0.3, -0.25) is 4.79 Å². The summed E-state index contributed by atoms with van der Waals surface area (Å²) in [6, 6.07) is -0.436. The molecule has 1 aliphatic rings. The summed E-state index contributed by atoms with van der Waals surface area (Å²) in [6.07, 6.45) is -1.54. The fourth-order valence-electron chi connectivity index (χ4n) is 1.94. The van der Waals surface area contributed by atoms with Crippen LogP contribution in [0.25, 0.3) is 0 Å². The first-order valence-electron chi connectivity index (χ1n) is 4.65. The molecule has 0 radical (unpaired) electrons. The zero-order valence-electron chi connectivity index (χ0n) is 8.65. The summed E-state index contributed by atoms with van der Waals surface area (Å²) < 4.78 is 5.30. The third-order valence-electron chi connectivity index (χ3n) is 2.99. The number of hydrogen-bond donors (Lipinski definition) is 3. The minimum atomic E-state index is -1.07. The van der Waals surface area contributed by atoms with Crippen LogP contribution in [-0.4, -0.2) is 55.8 Å². The van der Waals surface area contributed by atoms with E-state index in [2.05, 4.69) is 5.32 Å². The number of hydrogen-bond acceptors (Lipinski definition) is 4. The fourth-order valence-corrected chi connectivity index (χ4v) is 1.94. The van der Waals surface area contributed by atoms with Crippen molar-refractivity contribution in [2.75, 3.05) is 13.7 Å². The summed E-state index contributed by atoms with van der Waals surface area (Å²) in [5.41, 5.74) is -1.07. The molecule has 0 saturated carbocycles. The van der Waals surface area contributed by atoms with Crippen molar-refractivity contribution in [3.8, 4) is 0 Å². The maximum atomic E-state index is 11.6. The summed E-state index contributed by atoms with van der Waals surface area (Å²) in [5.74, 6) is -0.312. The van der Waals surface area contributed by atoms with Crippen LogP contribution in [-0.2, 0) is 9.53 Å². The van der Waals surface area contributed by atoms with Gasteiger partial charge in [0.25, 0.3) is 0 Å². The molecule has 0 aromatic rings. The van der Waals surface area contributed by atoms with Gasteiger partial charge in [-0.25, -0.2) is 0 Å². The molecule has 1 fully saturated rings. The van der Waals surface area contributed by atoms with Gasteiger partial charge in [-0.05, 0) is 6.92 Å². The van der Waals surface area contributed by atoms with Gasteiger partial charge in [0.15, 0.2) is 0 Å². The summed E-state index contributed by atoms with van der Waals surface area (Å²) in [6.45, 7) is 1.33. The predicted octanol–water partition coefficient (Wildman–Crippen LogP) is -2.55. The largest absolute Gasteiger partial charge is 0.394 e. The van der Waals surface area contributed by atoms with Gasteiger partial charge in [0.2, 0.25) is 5.91 Å². The molecule has 1 rings (SSSR count). The summed E-state index contributed by atoms with van der Waals surface area (Å²) in [7, 11) is 3.18. The van der Waals surface area contributed by atoms with Crippen LogP contribution in [0.15, 0.2) is 0 Å². The number of aliphatic hydroxyl groups is 2. The number of rotatable bonds is 2. The van der Waals surface area contributed by atoms with E-state index < -0.39 is 23.6 Å². The van der Waals surface area contributed by atoms with Crippen LogP contribution in [0.4, 0.5) is 0 Å². The van der Waals surface area contributed by atoms with E-state index in [4.69, 9.17) is 9.84 Å². The van der Waals surface area contributed by atoms with E-state index in [1.54, 1.807) is 14.8 Å². The zero-order chi connectivity index (χ0) is 10.9. The highest BCUT2D eigenvalue weighted by Gasteiger charge is 2.55. The first kappa shape index (κ1) is 11.5. The molecule has 5 nitrogen and oxygen atoms in total. The average molecular weight is 201 g/mol. The molecule has 4 atom stereocenters. The molecule has 1 unspecified atom stereocenters. The number of carbonyl (C=O) groups excluding carboxylic acids is 1. The van der Waals surface area contributed by atoms with Gasteiger partial charge in [-0.2, -0.15) is 0 Å². The van der Waals surface area contributed by atoms with Gasteiger partial charge in [0, 0.05) is 7.05 Å². The summed E-state index contributed by atoms with van der Waals surface area (Å²) in [4.78, 5) is 11.6. The maximum Gasteiger partial charge on any atom is 0.231 e. The number of aliphatic hydroxyl groups excluding tert-OH is 2. The van der Waals surface area contributed by atoms with Crippen molar-refractivity contribution in [3.63, 3.8) is 0 Å². The highest BCUT2D eigenvalue weighted by atomic mass is 16.5. The molecular formula is C8H16BNO4. The van der Waals surface area contributed by atoms with Crippen LogP contribution >= 0.6 is 0 Å². The van der Waals surface area contributed by atoms with Crippen LogP contribution in [0.3, 0.4) is 0 Å². The molecule has 0 aromatic carbocycles. The van der Waals surface area contributed by atoms with Crippen molar-refractivity contribution in [1.29, 1.82) is 0 Å². The minimum Gasteiger partial charge on any atom is -0.394 e. The quantitative estimate of drug-likeness (QED) is 0.430. The first-order chi connectivity index (χ1) is 6.48. The Hall–Kier alpha value is -0.585. The number of carbonyl (C=O) groups is 1. The molecule has 0 aromatic heterocycles. The number of amides is 1. The van der Waals surface area contributed by atoms with Crippen LogP contribution in [0.1, 0.15) is 6.92 Å². The highest BCUT2D eigenvalue weighted by Crippen LogP contribution is 2.37. The van der Waals surface area contributed by atoms with Gasteiger partial charge in [-0.1, -0.05) is 0 Å². The third kappa shape index (κ3) is 1.43. The predicted molar refractivity (Wildman–Crippen MR) is 52.5 cm³/mol. The van der Waals surface area contributed by atoms with Crippen LogP contribution in [0, 0.1) is 5.41 Å². The highest BCUT2D eigenvalue weighted by molar-refractivity contribution is 6.12. The lowest BCUT2D eigenvalue weighted by atomic mass is 9.75. The molecule has 1 heterocycles. The molecule has 1 saturated heterocycles. The van der Waals surface area contributed by atoms with Gasteiger partial charge in [0.1, 0.15) is 13.3 Å². The smallest absolute Gasteiger partial charge is 0.231 e. The maximum absolute atomic E-state index is 11.6. The average Bonchev–Trinajstić information content (AvgIpc) is 2.42. The number of nitrogens with one attached hydrogen (secondary N) is 1. The van der Waals surface area contributed by atoms with Crippen LogP contribution in [0.5, 0.6) is 0 Å². The second-order valence-electron chi connectivity index (χ2n) is 3.82. The topological polar surface area (TPSA) is 78.8 Å². The molecule has 0 bridgehead atoms. The number of ether oxygens (including phenoxy) is 1. The monoisotopic (exact) mass is 201 g/mol. The molecule has 0 aliphatic carbocycles. The molecule has 6 heteroatoms. The lowest BCUT2D eigenvalue weighted by Gasteiger charge is -2.29. The molecule has 1 amide bonds. The van der Waals surface area contributed by atoms with E-state index >= 15 is 0 Å². The van der Waals surface area contributed by atoms with E-state index in [0.29, 0.717) is 0 Å². The third-order valence-corrected chi connectivity index (χ3v) is 2.99. The Morgan fingerprint density at radius 2 is 2.29 bits per heavy atom. The van der Waals surface area contributed by atoms with Gasteiger partial charge in [-0.15, -0.1) is 0 Å². The van der Waals surface area contributed by atoms with E-state index in [0.717, 1.165) is 0 Å². The van der Waals surface area contributed by atoms with Gasteiger partial charge in [0.05, 0.1) is 24.8 Å². The zero-order valence-corrected chi connectivity index (χ0v) is 8.65. The van der Waals surface area contributed by atoms with Crippen molar-refractivity contribution in [3.05, 3.63) is 0 Å². The standard InChI is InChI=1S/C8H16BNO4/c1-8(7(13)10-2)4(3-11)14-6(9)5(8)12/h4-6,11-12H,3,9H2,1-2H3,(H,10,13)/t4?,5-,6+,8-/m0/s1. The van der Waals surface area contributed by atoms with Crippen LogP contribution in [0.2, 0.25) is 0 Å². The summed E-state index contributed by atoms with van der Waals surface area (Å²) >= 11 is 0. The Morgan fingerprint density at radius 3 is 2.71 bits per heavy atom. The molecule has 1 aliphatic heterocycles. The Bertz CT molecular complexity index is 237. The van der Waals surface area contributed by atoms with E-state index in [1.165, 1.54) is 7.05 Å². The van der Waals surface area contributed by atoms with E-state index in [-0.39, 0.29) is 12.5 Å². The van der Waals surface area contributed by atoms with Crippen molar-refractivity contribution < 1.29 is 19.7 Å². The molecular weight excluding hydrogens is 185 g/mol. The minimum absolute atomic E-state index is 0.272. The Kier molecular flexibility index (Phi) is 3.19. The van der Waals surface area contributed by atoms with Crippen molar-refractivity contribution in [2.24, 2.45) is 5.41 Å². The van der Waals surface area contributed by atoms with Gasteiger partial charge >= 0.3 is 0 Å². The van der Waals surface area contributed by atoms with Crippen LogP contribution < -0.4 is 5.32 Å². The molecule has 80 valence electrons. The van der Waals surface area contributed by atoms with E-state index in [1.807, 2.05) is 0 Å². The van der Waals surface area contributed by atoms with Gasteiger partial charge < -0.3 is 20.3 Å². The summed E-state index contributed by atoms with van der Waals surface area (Å²) in [5, 5.41) is 21.4. The Balaban J connectivity index is 2.97. The lowest BCUT2D eigenvalue weighted by Crippen LogP contribution is -2.51. The van der Waals surface area contributed by atoms with E-state index in [9.17, 15) is 9.90 Å². The molecule has 3 N–H and O–H groups in total. The van der Waals surface area contributed by atoms with Crippen molar-refractivity contribution in [2.45, 2.75) is 25.1 Å². The molecule has 14 heavy (non-hydrogen) atoms. The fraction of sp³-hybridized carbons (Fsp3) is 0.875. The second-order valence-corrected chi connectivity index (χ2v) is 3.82. The normalized spacial score (nSPS) is 42.4. The SMILES string of the molecule is B[C@@H]1OC(CO)[C@](C)(C(=O)NC)[C@H]1O. The lowest BCUT2D eigenvalue weighted by molar-refractivity contribution is -0.138. The Labute approximate surface area is 83.9 Å².